The number of anilines is 1. The average molecular weight is 227 g/mol. The van der Waals surface area contributed by atoms with E-state index in [1.54, 1.807) is 42.5 Å². The Bertz CT molecular complexity index is 523. The second-order valence-electron chi connectivity index (χ2n) is 3.82. The number of nitrogens with zero attached hydrogens (tertiary/aromatic N) is 1. The number of rotatable bonds is 2. The number of carbonyl (C=O) groups excluding carboxylic acids is 1. The lowest BCUT2D eigenvalue weighted by Gasteiger charge is -2.15. The maximum atomic E-state index is 11.9. The van der Waals surface area contributed by atoms with Crippen molar-refractivity contribution >= 4 is 11.6 Å². The topological polar surface area (TPSA) is 40.5 Å². The first-order valence-corrected chi connectivity index (χ1v) is 5.33. The monoisotopic (exact) mass is 227 g/mol. The predicted molar refractivity (Wildman–Crippen MR) is 66.2 cm³/mol. The van der Waals surface area contributed by atoms with Crippen molar-refractivity contribution in [2.45, 2.75) is 6.92 Å². The Morgan fingerprint density at radius 1 is 1.06 bits per heavy atom. The fourth-order valence-corrected chi connectivity index (χ4v) is 1.58. The summed E-state index contributed by atoms with van der Waals surface area (Å²) in [6.45, 7) is 1.91. The Kier molecular flexibility index (Phi) is 3.21. The van der Waals surface area contributed by atoms with Gasteiger partial charge >= 0.3 is 0 Å². The van der Waals surface area contributed by atoms with E-state index < -0.39 is 5.91 Å². The lowest BCUT2D eigenvalue weighted by atomic mass is 10.2. The van der Waals surface area contributed by atoms with E-state index in [1.165, 1.54) is 0 Å². The molecule has 2 aromatic carbocycles. The second-order valence-corrected chi connectivity index (χ2v) is 3.82. The SMILES string of the molecule is Cc1cccc(N(O)C(=O)c2ccccc2)c1. The summed E-state index contributed by atoms with van der Waals surface area (Å²) in [6, 6.07) is 15.8. The quantitative estimate of drug-likeness (QED) is 0.632. The third-order valence-corrected chi connectivity index (χ3v) is 2.46. The normalized spacial score (nSPS) is 10.0. The highest BCUT2D eigenvalue weighted by atomic mass is 16.5. The maximum absolute atomic E-state index is 11.9. The highest BCUT2D eigenvalue weighted by Crippen LogP contribution is 2.16. The molecule has 0 heterocycles. The van der Waals surface area contributed by atoms with Gasteiger partial charge in [0.1, 0.15) is 0 Å². The second kappa shape index (κ2) is 4.80. The Balaban J connectivity index is 2.27. The number of hydrogen-bond acceptors (Lipinski definition) is 2. The van der Waals surface area contributed by atoms with Crippen LogP contribution in [-0.4, -0.2) is 11.1 Å². The highest BCUT2D eigenvalue weighted by Gasteiger charge is 2.14. The van der Waals surface area contributed by atoms with Crippen LogP contribution in [0.25, 0.3) is 0 Å². The minimum absolute atomic E-state index is 0.434. The minimum Gasteiger partial charge on any atom is -0.281 e. The van der Waals surface area contributed by atoms with Crippen molar-refractivity contribution in [1.82, 2.24) is 0 Å². The summed E-state index contributed by atoms with van der Waals surface area (Å²) in [6.07, 6.45) is 0. The molecule has 86 valence electrons. The van der Waals surface area contributed by atoms with Gasteiger partial charge in [0.15, 0.2) is 0 Å². The third kappa shape index (κ3) is 2.52. The summed E-state index contributed by atoms with van der Waals surface area (Å²) in [5.74, 6) is -0.434. The van der Waals surface area contributed by atoms with Crippen molar-refractivity contribution < 1.29 is 10.0 Å². The standard InChI is InChI=1S/C14H13NO2/c1-11-6-5-9-13(10-11)15(17)14(16)12-7-3-2-4-8-12/h2-10,17H,1H3. The number of hydroxylamine groups is 1. The zero-order valence-corrected chi connectivity index (χ0v) is 9.50. The summed E-state index contributed by atoms with van der Waals surface area (Å²) >= 11 is 0. The van der Waals surface area contributed by atoms with Crippen LogP contribution in [0.15, 0.2) is 54.6 Å². The first-order chi connectivity index (χ1) is 8.18. The molecule has 17 heavy (non-hydrogen) atoms. The molecule has 0 aromatic heterocycles. The van der Waals surface area contributed by atoms with E-state index in [9.17, 15) is 10.0 Å². The predicted octanol–water partition coefficient (Wildman–Crippen LogP) is 3.03. The molecule has 0 saturated carbocycles. The number of hydrogen-bond donors (Lipinski definition) is 1. The van der Waals surface area contributed by atoms with Gasteiger partial charge in [-0.2, -0.15) is 5.06 Å². The van der Waals surface area contributed by atoms with Gasteiger partial charge in [0.25, 0.3) is 5.91 Å². The molecule has 1 amide bonds. The molecular weight excluding hydrogens is 214 g/mol. The van der Waals surface area contributed by atoms with Gasteiger partial charge in [-0.1, -0.05) is 30.3 Å². The van der Waals surface area contributed by atoms with Gasteiger partial charge in [-0.3, -0.25) is 10.0 Å². The molecule has 3 heteroatoms. The lowest BCUT2D eigenvalue weighted by molar-refractivity contribution is 0.0855. The molecule has 0 atom stereocenters. The van der Waals surface area contributed by atoms with Crippen molar-refractivity contribution in [2.75, 3.05) is 5.06 Å². The van der Waals surface area contributed by atoms with E-state index >= 15 is 0 Å². The lowest BCUT2D eigenvalue weighted by Crippen LogP contribution is -2.26. The Morgan fingerprint density at radius 3 is 2.41 bits per heavy atom. The van der Waals surface area contributed by atoms with Crippen LogP contribution < -0.4 is 5.06 Å². The summed E-state index contributed by atoms with van der Waals surface area (Å²) < 4.78 is 0. The van der Waals surface area contributed by atoms with Crippen molar-refractivity contribution in [3.63, 3.8) is 0 Å². The molecule has 3 nitrogen and oxygen atoms in total. The Labute approximate surface area is 99.9 Å². The van der Waals surface area contributed by atoms with Crippen molar-refractivity contribution in [3.05, 3.63) is 65.7 Å². The molecule has 2 rings (SSSR count). The average Bonchev–Trinajstić information content (AvgIpc) is 2.38. The van der Waals surface area contributed by atoms with Gasteiger partial charge in [0.05, 0.1) is 5.69 Å². The van der Waals surface area contributed by atoms with Crippen molar-refractivity contribution in [1.29, 1.82) is 0 Å². The molecule has 0 unspecified atom stereocenters. The first kappa shape index (κ1) is 11.4. The van der Waals surface area contributed by atoms with Gasteiger partial charge in [-0.05, 0) is 36.8 Å². The molecule has 0 saturated heterocycles. The van der Waals surface area contributed by atoms with Crippen LogP contribution in [0.4, 0.5) is 5.69 Å². The fourth-order valence-electron chi connectivity index (χ4n) is 1.58. The zero-order valence-electron chi connectivity index (χ0n) is 9.50. The molecule has 0 aliphatic rings. The molecule has 0 fully saturated rings. The first-order valence-electron chi connectivity index (χ1n) is 5.33. The van der Waals surface area contributed by atoms with Gasteiger partial charge in [0, 0.05) is 5.56 Å². The van der Waals surface area contributed by atoms with Crippen LogP contribution in [0, 0.1) is 6.92 Å². The fraction of sp³-hybridized carbons (Fsp3) is 0.0714. The van der Waals surface area contributed by atoms with E-state index in [1.807, 2.05) is 19.1 Å². The van der Waals surface area contributed by atoms with E-state index in [2.05, 4.69) is 0 Å². The molecule has 0 aliphatic heterocycles. The van der Waals surface area contributed by atoms with E-state index in [-0.39, 0.29) is 0 Å². The molecule has 0 bridgehead atoms. The molecule has 2 aromatic rings. The van der Waals surface area contributed by atoms with Crippen LogP contribution in [0.3, 0.4) is 0 Å². The summed E-state index contributed by atoms with van der Waals surface area (Å²) in [4.78, 5) is 11.9. The van der Waals surface area contributed by atoms with Crippen LogP contribution in [-0.2, 0) is 0 Å². The third-order valence-electron chi connectivity index (χ3n) is 2.46. The molecule has 0 aliphatic carbocycles. The van der Waals surface area contributed by atoms with Crippen molar-refractivity contribution in [3.8, 4) is 0 Å². The molecule has 1 N–H and O–H groups in total. The van der Waals surface area contributed by atoms with Gasteiger partial charge in [-0.25, -0.2) is 0 Å². The number of benzene rings is 2. The summed E-state index contributed by atoms with van der Waals surface area (Å²) in [5.41, 5.74) is 1.91. The smallest absolute Gasteiger partial charge is 0.281 e. The van der Waals surface area contributed by atoms with Crippen LogP contribution in [0.5, 0.6) is 0 Å². The minimum atomic E-state index is -0.434. The number of aryl methyl sites for hydroxylation is 1. The maximum Gasteiger partial charge on any atom is 0.281 e. The highest BCUT2D eigenvalue weighted by molar-refractivity contribution is 6.04. The number of carbonyl (C=O) groups is 1. The largest absolute Gasteiger partial charge is 0.281 e. The number of amides is 1. The summed E-state index contributed by atoms with van der Waals surface area (Å²) in [5, 5.41) is 10.5. The molecule has 0 radical (unpaired) electrons. The van der Waals surface area contributed by atoms with Gasteiger partial charge in [0.2, 0.25) is 0 Å². The molecule has 0 spiro atoms. The van der Waals surface area contributed by atoms with Crippen molar-refractivity contribution in [2.24, 2.45) is 0 Å². The van der Waals surface area contributed by atoms with Crippen LogP contribution >= 0.6 is 0 Å². The summed E-state index contributed by atoms with van der Waals surface area (Å²) in [7, 11) is 0. The van der Waals surface area contributed by atoms with Gasteiger partial charge < -0.3 is 0 Å². The molecular formula is C14H13NO2. The van der Waals surface area contributed by atoms with E-state index in [4.69, 9.17) is 0 Å². The van der Waals surface area contributed by atoms with Crippen LogP contribution in [0.1, 0.15) is 15.9 Å². The zero-order chi connectivity index (χ0) is 12.3. The van der Waals surface area contributed by atoms with Crippen LogP contribution in [0.2, 0.25) is 0 Å². The van der Waals surface area contributed by atoms with Gasteiger partial charge in [-0.15, -0.1) is 0 Å². The van der Waals surface area contributed by atoms with E-state index in [0.717, 1.165) is 5.56 Å². The Hall–Kier alpha value is -2.13. The Morgan fingerprint density at radius 2 is 1.76 bits per heavy atom. The van der Waals surface area contributed by atoms with E-state index in [0.29, 0.717) is 16.3 Å².